The van der Waals surface area contributed by atoms with Crippen LogP contribution in [0.3, 0.4) is 0 Å². The summed E-state index contributed by atoms with van der Waals surface area (Å²) in [6.07, 6.45) is 6.04. The molecule has 0 saturated carbocycles. The zero-order chi connectivity index (χ0) is 10.6. The molecule has 0 bridgehead atoms. The number of ether oxygens (including phenoxy) is 1. The van der Waals surface area contributed by atoms with Gasteiger partial charge >= 0.3 is 0 Å². The molecule has 76 valence electrons. The van der Waals surface area contributed by atoms with Gasteiger partial charge < -0.3 is 4.74 Å². The molecule has 3 nitrogen and oxygen atoms in total. The SMILES string of the molecule is C=CCOCCCN=C(C#N)/C=C/C. The zero-order valence-corrected chi connectivity index (χ0v) is 8.57. The van der Waals surface area contributed by atoms with Crippen LogP contribution in [-0.2, 0) is 4.74 Å². The van der Waals surface area contributed by atoms with Gasteiger partial charge in [0.15, 0.2) is 0 Å². The number of rotatable bonds is 7. The number of hydrogen-bond acceptors (Lipinski definition) is 3. The van der Waals surface area contributed by atoms with Crippen LogP contribution in [0, 0.1) is 11.3 Å². The van der Waals surface area contributed by atoms with Crippen LogP contribution >= 0.6 is 0 Å². The molecule has 0 aliphatic rings. The molecule has 0 fully saturated rings. The Labute approximate surface area is 85.4 Å². The van der Waals surface area contributed by atoms with Crippen molar-refractivity contribution in [3.05, 3.63) is 24.8 Å². The van der Waals surface area contributed by atoms with E-state index in [9.17, 15) is 0 Å². The normalized spacial score (nSPS) is 11.6. The highest BCUT2D eigenvalue weighted by molar-refractivity contribution is 6.07. The van der Waals surface area contributed by atoms with Gasteiger partial charge in [-0.1, -0.05) is 12.2 Å². The van der Waals surface area contributed by atoms with Crippen molar-refractivity contribution in [1.29, 1.82) is 5.26 Å². The van der Waals surface area contributed by atoms with Gasteiger partial charge in [0.05, 0.1) is 6.61 Å². The Balaban J connectivity index is 3.59. The Bertz CT molecular complexity index is 249. The van der Waals surface area contributed by atoms with Crippen molar-refractivity contribution in [1.82, 2.24) is 0 Å². The highest BCUT2D eigenvalue weighted by atomic mass is 16.5. The predicted octanol–water partition coefficient (Wildman–Crippen LogP) is 2.12. The summed E-state index contributed by atoms with van der Waals surface area (Å²) in [5.74, 6) is 0. The van der Waals surface area contributed by atoms with Gasteiger partial charge in [-0.3, -0.25) is 4.99 Å². The van der Waals surface area contributed by atoms with E-state index in [1.165, 1.54) is 0 Å². The van der Waals surface area contributed by atoms with Crippen LogP contribution in [0.1, 0.15) is 13.3 Å². The summed E-state index contributed by atoms with van der Waals surface area (Å²) in [5.41, 5.74) is 0.469. The summed E-state index contributed by atoms with van der Waals surface area (Å²) in [6, 6.07) is 2.01. The number of nitriles is 1. The van der Waals surface area contributed by atoms with Gasteiger partial charge in [-0.15, -0.1) is 6.58 Å². The Morgan fingerprint density at radius 1 is 1.64 bits per heavy atom. The fraction of sp³-hybridized carbons (Fsp3) is 0.455. The van der Waals surface area contributed by atoms with Crippen molar-refractivity contribution < 1.29 is 4.74 Å². The molecular formula is C11H16N2O. The molecule has 0 aliphatic heterocycles. The van der Waals surface area contributed by atoms with Crippen molar-refractivity contribution in [2.45, 2.75) is 13.3 Å². The van der Waals surface area contributed by atoms with Crippen LogP contribution in [0.5, 0.6) is 0 Å². The smallest absolute Gasteiger partial charge is 0.134 e. The molecule has 0 aromatic heterocycles. The minimum atomic E-state index is 0.469. The number of nitrogens with zero attached hydrogens (tertiary/aromatic N) is 2. The summed E-state index contributed by atoms with van der Waals surface area (Å²) in [5, 5.41) is 8.62. The van der Waals surface area contributed by atoms with Gasteiger partial charge in [-0.2, -0.15) is 5.26 Å². The summed E-state index contributed by atoms with van der Waals surface area (Å²) in [6.45, 7) is 7.26. The number of hydrogen-bond donors (Lipinski definition) is 0. The second-order valence-electron chi connectivity index (χ2n) is 2.60. The van der Waals surface area contributed by atoms with Crippen LogP contribution in [-0.4, -0.2) is 25.5 Å². The fourth-order valence-corrected chi connectivity index (χ4v) is 0.816. The van der Waals surface area contributed by atoms with Crippen molar-refractivity contribution in [3.8, 4) is 6.07 Å². The molecule has 0 heterocycles. The molecule has 14 heavy (non-hydrogen) atoms. The minimum Gasteiger partial charge on any atom is -0.377 e. The molecule has 3 heteroatoms. The first-order chi connectivity index (χ1) is 6.85. The van der Waals surface area contributed by atoms with Crippen molar-refractivity contribution >= 4 is 5.71 Å². The van der Waals surface area contributed by atoms with Crippen LogP contribution in [0.15, 0.2) is 29.8 Å². The maximum atomic E-state index is 8.62. The first-order valence-electron chi connectivity index (χ1n) is 4.61. The highest BCUT2D eigenvalue weighted by Crippen LogP contribution is 1.87. The van der Waals surface area contributed by atoms with Crippen LogP contribution in [0.2, 0.25) is 0 Å². The van der Waals surface area contributed by atoms with Gasteiger partial charge in [0.1, 0.15) is 11.8 Å². The van der Waals surface area contributed by atoms with E-state index in [1.807, 2.05) is 13.0 Å². The van der Waals surface area contributed by atoms with E-state index < -0.39 is 0 Å². The standard InChI is InChI=1S/C11H16N2O/c1-3-6-11(10-12)13-7-5-9-14-8-4-2/h3-4,6H,2,5,7-9H2,1H3/b6-3+,13-11?. The van der Waals surface area contributed by atoms with Crippen LogP contribution in [0.4, 0.5) is 0 Å². The predicted molar refractivity (Wildman–Crippen MR) is 58.4 cm³/mol. The number of aliphatic imine (C=N–C) groups is 1. The fourth-order valence-electron chi connectivity index (χ4n) is 0.816. The molecule has 0 saturated heterocycles. The molecular weight excluding hydrogens is 176 g/mol. The zero-order valence-electron chi connectivity index (χ0n) is 8.57. The third-order valence-corrected chi connectivity index (χ3v) is 1.40. The summed E-state index contributed by atoms with van der Waals surface area (Å²) in [4.78, 5) is 4.09. The lowest BCUT2D eigenvalue weighted by Gasteiger charge is -1.97. The lowest BCUT2D eigenvalue weighted by Crippen LogP contribution is -1.98. The molecule has 0 rings (SSSR count). The largest absolute Gasteiger partial charge is 0.377 e. The van der Waals surface area contributed by atoms with E-state index in [-0.39, 0.29) is 0 Å². The summed E-state index contributed by atoms with van der Waals surface area (Å²) in [7, 11) is 0. The average Bonchev–Trinajstić information content (AvgIpc) is 2.21. The van der Waals surface area contributed by atoms with Crippen molar-refractivity contribution in [2.24, 2.45) is 4.99 Å². The minimum absolute atomic E-state index is 0.469. The Morgan fingerprint density at radius 3 is 3.00 bits per heavy atom. The number of allylic oxidation sites excluding steroid dienone is 2. The summed E-state index contributed by atoms with van der Waals surface area (Å²) >= 11 is 0. The van der Waals surface area contributed by atoms with E-state index >= 15 is 0 Å². The van der Waals surface area contributed by atoms with Gasteiger partial charge in [0.25, 0.3) is 0 Å². The van der Waals surface area contributed by atoms with E-state index in [2.05, 4.69) is 11.6 Å². The molecule has 0 radical (unpaired) electrons. The van der Waals surface area contributed by atoms with Crippen LogP contribution in [0.25, 0.3) is 0 Å². The Kier molecular flexibility index (Phi) is 8.72. The Hall–Kier alpha value is -1.40. The summed E-state index contributed by atoms with van der Waals surface area (Å²) < 4.78 is 5.17. The first kappa shape index (κ1) is 12.6. The maximum Gasteiger partial charge on any atom is 0.134 e. The molecule has 0 N–H and O–H groups in total. The lowest BCUT2D eigenvalue weighted by molar-refractivity contribution is 0.161. The molecule has 0 spiro atoms. The molecule has 0 aromatic rings. The second-order valence-corrected chi connectivity index (χ2v) is 2.60. The molecule has 0 aromatic carbocycles. The maximum absolute atomic E-state index is 8.62. The third kappa shape index (κ3) is 7.26. The van der Waals surface area contributed by atoms with E-state index in [4.69, 9.17) is 10.00 Å². The Morgan fingerprint density at radius 2 is 2.43 bits per heavy atom. The van der Waals surface area contributed by atoms with Gasteiger partial charge in [0, 0.05) is 13.2 Å². The highest BCUT2D eigenvalue weighted by Gasteiger charge is 1.89. The molecule has 0 unspecified atom stereocenters. The van der Waals surface area contributed by atoms with Crippen LogP contribution < -0.4 is 0 Å². The van der Waals surface area contributed by atoms with Gasteiger partial charge in [0.2, 0.25) is 0 Å². The first-order valence-corrected chi connectivity index (χ1v) is 4.61. The molecule has 0 aliphatic carbocycles. The lowest BCUT2D eigenvalue weighted by atomic mass is 10.3. The molecule has 0 atom stereocenters. The van der Waals surface area contributed by atoms with E-state index in [0.29, 0.717) is 25.5 Å². The van der Waals surface area contributed by atoms with Crippen molar-refractivity contribution in [2.75, 3.05) is 19.8 Å². The van der Waals surface area contributed by atoms with E-state index in [1.54, 1.807) is 18.2 Å². The quantitative estimate of drug-likeness (QED) is 0.352. The van der Waals surface area contributed by atoms with Gasteiger partial charge in [-0.05, 0) is 19.4 Å². The van der Waals surface area contributed by atoms with Gasteiger partial charge in [-0.25, -0.2) is 0 Å². The third-order valence-electron chi connectivity index (χ3n) is 1.40. The van der Waals surface area contributed by atoms with Crippen molar-refractivity contribution in [3.63, 3.8) is 0 Å². The average molecular weight is 192 g/mol. The molecule has 0 amide bonds. The topological polar surface area (TPSA) is 45.4 Å². The second kappa shape index (κ2) is 9.69. The van der Waals surface area contributed by atoms with E-state index in [0.717, 1.165) is 6.42 Å². The monoisotopic (exact) mass is 192 g/mol.